The highest BCUT2D eigenvalue weighted by Crippen LogP contribution is 2.26. The van der Waals surface area contributed by atoms with Crippen LogP contribution in [0, 0.1) is 13.8 Å². The van der Waals surface area contributed by atoms with Crippen LogP contribution in [0.25, 0.3) is 22.7 Å². The lowest BCUT2D eigenvalue weighted by molar-refractivity contribution is 0.101. The third kappa shape index (κ3) is 3.28. The van der Waals surface area contributed by atoms with Crippen LogP contribution in [0.1, 0.15) is 22.0 Å². The molecule has 0 radical (unpaired) electrons. The zero-order valence-corrected chi connectivity index (χ0v) is 16.7. The Morgan fingerprint density at radius 1 is 1.13 bits per heavy atom. The number of aryl methyl sites for hydroxylation is 2. The fourth-order valence-corrected chi connectivity index (χ4v) is 3.68. The van der Waals surface area contributed by atoms with E-state index in [2.05, 4.69) is 40.9 Å². The SMILES string of the molecule is Cc1cc(C)n2nc(C(=O)Nc3nc(-c4cccc(-n5cnnn5)c4)cs3)nc2n1. The Labute approximate surface area is 173 Å². The molecule has 0 saturated heterocycles. The number of anilines is 1. The second-order valence-corrected chi connectivity index (χ2v) is 7.34. The number of nitrogens with zero attached hydrogens (tertiary/aromatic N) is 9. The third-order valence-electron chi connectivity index (χ3n) is 4.30. The maximum atomic E-state index is 12.6. The Bertz CT molecular complexity index is 1370. The molecule has 0 aliphatic rings. The smallest absolute Gasteiger partial charge is 0.295 e. The quantitative estimate of drug-likeness (QED) is 0.470. The predicted octanol–water partition coefficient (Wildman–Crippen LogP) is 2.09. The molecule has 12 heteroatoms. The van der Waals surface area contributed by atoms with E-state index in [1.807, 2.05) is 49.6 Å². The van der Waals surface area contributed by atoms with Crippen molar-refractivity contribution >= 4 is 28.2 Å². The lowest BCUT2D eigenvalue weighted by atomic mass is 10.1. The van der Waals surface area contributed by atoms with Gasteiger partial charge in [-0.15, -0.1) is 21.5 Å². The van der Waals surface area contributed by atoms with Gasteiger partial charge in [0, 0.05) is 22.3 Å². The van der Waals surface area contributed by atoms with Gasteiger partial charge in [0.05, 0.1) is 11.4 Å². The van der Waals surface area contributed by atoms with E-state index in [9.17, 15) is 4.79 Å². The van der Waals surface area contributed by atoms with Crippen LogP contribution in [0.15, 0.2) is 42.0 Å². The van der Waals surface area contributed by atoms with Crippen LogP contribution >= 0.6 is 11.3 Å². The minimum atomic E-state index is -0.444. The van der Waals surface area contributed by atoms with Gasteiger partial charge in [-0.05, 0) is 42.5 Å². The van der Waals surface area contributed by atoms with E-state index in [0.29, 0.717) is 10.9 Å². The first-order valence-corrected chi connectivity index (χ1v) is 9.76. The van der Waals surface area contributed by atoms with Gasteiger partial charge in [-0.25, -0.2) is 19.2 Å². The molecule has 30 heavy (non-hydrogen) atoms. The summed E-state index contributed by atoms with van der Waals surface area (Å²) >= 11 is 1.32. The molecule has 0 fully saturated rings. The number of rotatable bonds is 4. The number of benzene rings is 1. The predicted molar refractivity (Wildman–Crippen MR) is 108 cm³/mol. The zero-order chi connectivity index (χ0) is 20.7. The summed E-state index contributed by atoms with van der Waals surface area (Å²) in [4.78, 5) is 25.6. The molecular formula is C18H14N10OS. The number of hydrogen-bond donors (Lipinski definition) is 1. The normalized spacial score (nSPS) is 11.1. The molecule has 0 atom stereocenters. The summed E-state index contributed by atoms with van der Waals surface area (Å²) in [7, 11) is 0. The lowest BCUT2D eigenvalue weighted by Crippen LogP contribution is -2.13. The summed E-state index contributed by atoms with van der Waals surface area (Å²) in [5.74, 6) is -0.0218. The van der Waals surface area contributed by atoms with Gasteiger partial charge in [-0.2, -0.15) is 4.98 Å². The average molecular weight is 418 g/mol. The van der Waals surface area contributed by atoms with E-state index in [1.54, 1.807) is 9.20 Å². The molecule has 0 bridgehead atoms. The first-order chi connectivity index (χ1) is 14.6. The van der Waals surface area contributed by atoms with Gasteiger partial charge in [0.15, 0.2) is 5.13 Å². The molecule has 1 N–H and O–H groups in total. The largest absolute Gasteiger partial charge is 0.297 e. The average Bonchev–Trinajstić information content (AvgIpc) is 3.48. The van der Waals surface area contributed by atoms with Crippen LogP contribution in [0.4, 0.5) is 5.13 Å². The van der Waals surface area contributed by atoms with Crippen LogP contribution in [0.3, 0.4) is 0 Å². The first kappa shape index (κ1) is 18.0. The highest BCUT2D eigenvalue weighted by molar-refractivity contribution is 7.14. The van der Waals surface area contributed by atoms with Crippen molar-refractivity contribution in [3.05, 3.63) is 59.3 Å². The van der Waals surface area contributed by atoms with Crippen LogP contribution in [0.5, 0.6) is 0 Å². The van der Waals surface area contributed by atoms with Crippen molar-refractivity contribution in [1.29, 1.82) is 0 Å². The van der Waals surface area contributed by atoms with Crippen LogP contribution < -0.4 is 5.32 Å². The van der Waals surface area contributed by atoms with Crippen molar-refractivity contribution in [2.24, 2.45) is 0 Å². The minimum Gasteiger partial charge on any atom is -0.295 e. The summed E-state index contributed by atoms with van der Waals surface area (Å²) in [5.41, 5.74) is 4.07. The molecule has 1 amide bonds. The van der Waals surface area contributed by atoms with E-state index in [0.717, 1.165) is 28.3 Å². The Hall–Kier alpha value is -4.06. The Kier molecular flexibility index (Phi) is 4.25. The molecule has 0 aliphatic heterocycles. The van der Waals surface area contributed by atoms with Crippen molar-refractivity contribution in [3.8, 4) is 16.9 Å². The van der Waals surface area contributed by atoms with Crippen molar-refractivity contribution in [3.63, 3.8) is 0 Å². The number of carbonyl (C=O) groups is 1. The standard InChI is InChI=1S/C18H14N10OS/c1-10-6-11(2)28-17(20-10)22-15(24-28)16(29)23-18-21-14(8-30-18)12-4-3-5-13(7-12)27-9-19-25-26-27/h3-9H,1-2H3,(H,21,23,29). The number of hydrogen-bond acceptors (Lipinski definition) is 9. The van der Waals surface area contributed by atoms with E-state index in [4.69, 9.17) is 0 Å². The number of thiazole rings is 1. The number of tetrazole rings is 1. The molecule has 0 unspecified atom stereocenters. The highest BCUT2D eigenvalue weighted by atomic mass is 32.1. The number of aromatic nitrogens is 9. The molecule has 1 aromatic carbocycles. The van der Waals surface area contributed by atoms with Crippen LogP contribution in [-0.2, 0) is 0 Å². The minimum absolute atomic E-state index is 0.0358. The second kappa shape index (κ2) is 7.08. The fraction of sp³-hybridized carbons (Fsp3) is 0.111. The maximum absolute atomic E-state index is 12.6. The van der Waals surface area contributed by atoms with E-state index >= 15 is 0 Å². The molecule has 5 rings (SSSR count). The summed E-state index contributed by atoms with van der Waals surface area (Å²) in [6.07, 6.45) is 1.52. The van der Waals surface area contributed by atoms with Crippen LogP contribution in [0.2, 0.25) is 0 Å². The summed E-state index contributed by atoms with van der Waals surface area (Å²) in [5, 5.41) is 20.5. The Balaban J connectivity index is 1.38. The highest BCUT2D eigenvalue weighted by Gasteiger charge is 2.17. The maximum Gasteiger partial charge on any atom is 0.297 e. The molecule has 4 aromatic heterocycles. The Morgan fingerprint density at radius 2 is 2.03 bits per heavy atom. The van der Waals surface area contributed by atoms with Crippen molar-refractivity contribution in [2.75, 3.05) is 5.32 Å². The number of fused-ring (bicyclic) bond motifs is 1. The summed E-state index contributed by atoms with van der Waals surface area (Å²) in [6.45, 7) is 3.75. The number of carbonyl (C=O) groups excluding carboxylic acids is 1. The van der Waals surface area contributed by atoms with Gasteiger partial charge >= 0.3 is 0 Å². The monoisotopic (exact) mass is 418 g/mol. The summed E-state index contributed by atoms with van der Waals surface area (Å²) < 4.78 is 3.10. The van der Waals surface area contributed by atoms with Gasteiger partial charge in [-0.1, -0.05) is 12.1 Å². The molecule has 148 valence electrons. The molecule has 0 saturated carbocycles. The summed E-state index contributed by atoms with van der Waals surface area (Å²) in [6, 6.07) is 9.50. The molecule has 0 spiro atoms. The molecule has 11 nitrogen and oxygen atoms in total. The van der Waals surface area contributed by atoms with E-state index in [-0.39, 0.29) is 5.82 Å². The van der Waals surface area contributed by atoms with Crippen molar-refractivity contribution < 1.29 is 4.79 Å². The fourth-order valence-electron chi connectivity index (χ4n) is 2.97. The van der Waals surface area contributed by atoms with E-state index in [1.165, 1.54) is 17.7 Å². The number of amides is 1. The van der Waals surface area contributed by atoms with Crippen molar-refractivity contribution in [1.82, 2.24) is 44.8 Å². The lowest BCUT2D eigenvalue weighted by Gasteiger charge is -2.02. The van der Waals surface area contributed by atoms with Gasteiger partial charge in [-0.3, -0.25) is 10.1 Å². The van der Waals surface area contributed by atoms with E-state index < -0.39 is 5.91 Å². The van der Waals surface area contributed by atoms with Gasteiger partial charge in [0.1, 0.15) is 6.33 Å². The van der Waals surface area contributed by atoms with Crippen LogP contribution in [-0.4, -0.2) is 50.7 Å². The first-order valence-electron chi connectivity index (χ1n) is 8.88. The molecule has 4 heterocycles. The second-order valence-electron chi connectivity index (χ2n) is 6.48. The Morgan fingerprint density at radius 3 is 2.87 bits per heavy atom. The number of nitrogens with one attached hydrogen (secondary N) is 1. The molecule has 5 aromatic rings. The topological polar surface area (TPSA) is 129 Å². The zero-order valence-electron chi connectivity index (χ0n) is 15.9. The molecular weight excluding hydrogens is 404 g/mol. The van der Waals surface area contributed by atoms with Gasteiger partial charge in [0.2, 0.25) is 5.82 Å². The third-order valence-corrected chi connectivity index (χ3v) is 5.06. The van der Waals surface area contributed by atoms with Gasteiger partial charge in [0.25, 0.3) is 11.7 Å². The van der Waals surface area contributed by atoms with Crippen molar-refractivity contribution in [2.45, 2.75) is 13.8 Å². The van der Waals surface area contributed by atoms with Gasteiger partial charge < -0.3 is 0 Å². The molecule has 0 aliphatic carbocycles.